The van der Waals surface area contributed by atoms with E-state index in [0.29, 0.717) is 12.2 Å². The van der Waals surface area contributed by atoms with Crippen molar-refractivity contribution in [3.8, 4) is 17.2 Å². The molecule has 0 saturated heterocycles. The first kappa shape index (κ1) is 20.0. The lowest BCUT2D eigenvalue weighted by molar-refractivity contribution is 0.0689. The number of thiazole rings is 1. The largest absolute Gasteiger partial charge is 0.363 e. The van der Waals surface area contributed by atoms with E-state index < -0.39 is 0 Å². The van der Waals surface area contributed by atoms with E-state index in [-0.39, 0.29) is 6.10 Å². The highest BCUT2D eigenvalue weighted by Crippen LogP contribution is 2.35. The lowest BCUT2D eigenvalue weighted by Crippen LogP contribution is -2.06. The maximum atomic E-state index is 9.72. The summed E-state index contributed by atoms with van der Waals surface area (Å²) in [6.45, 7) is 4.70. The Labute approximate surface area is 181 Å². The number of nitrogens with zero attached hydrogens (tertiary/aromatic N) is 2. The predicted octanol–water partition coefficient (Wildman–Crippen LogP) is 6.60. The van der Waals surface area contributed by atoms with Crippen LogP contribution in [0.1, 0.15) is 38.8 Å². The molecule has 4 aromatic rings. The zero-order valence-corrected chi connectivity index (χ0v) is 17.8. The molecule has 0 aliphatic heterocycles. The Morgan fingerprint density at radius 3 is 2.57 bits per heavy atom. The lowest BCUT2D eigenvalue weighted by Gasteiger charge is -2.19. The van der Waals surface area contributed by atoms with Gasteiger partial charge in [0.2, 0.25) is 0 Å². The molecule has 30 heavy (non-hydrogen) atoms. The molecule has 1 unspecified atom stereocenters. The summed E-state index contributed by atoms with van der Waals surface area (Å²) >= 11 is 1.58. The minimum atomic E-state index is -0.241. The van der Waals surface area contributed by atoms with Crippen LogP contribution in [0.5, 0.6) is 0 Å². The number of hydrogen-bond donors (Lipinski definition) is 0. The number of ether oxygens (including phenoxy) is 1. The van der Waals surface area contributed by atoms with Crippen molar-refractivity contribution in [2.45, 2.75) is 26.6 Å². The first-order valence-electron chi connectivity index (χ1n) is 9.82. The zero-order chi connectivity index (χ0) is 20.9. The summed E-state index contributed by atoms with van der Waals surface area (Å²) < 4.78 is 6.36. The van der Waals surface area contributed by atoms with E-state index in [1.165, 1.54) is 11.1 Å². The van der Waals surface area contributed by atoms with Crippen molar-refractivity contribution in [2.75, 3.05) is 0 Å². The van der Waals surface area contributed by atoms with Crippen LogP contribution in [-0.4, -0.2) is 4.98 Å². The minimum absolute atomic E-state index is 0.241. The molecule has 0 saturated carbocycles. The molecule has 4 rings (SSSR count). The Morgan fingerprint density at radius 2 is 1.83 bits per heavy atom. The van der Waals surface area contributed by atoms with Gasteiger partial charge in [0.25, 0.3) is 0 Å². The number of hydrogen-bond acceptors (Lipinski definition) is 4. The normalized spacial score (nSPS) is 11.8. The van der Waals surface area contributed by atoms with Crippen molar-refractivity contribution < 1.29 is 4.74 Å². The minimum Gasteiger partial charge on any atom is -0.363 e. The van der Waals surface area contributed by atoms with E-state index in [1.807, 2.05) is 48.1 Å². The second kappa shape index (κ2) is 9.04. The second-order valence-electron chi connectivity index (χ2n) is 7.24. The van der Waals surface area contributed by atoms with Crippen LogP contribution < -0.4 is 0 Å². The second-order valence-corrected chi connectivity index (χ2v) is 8.16. The van der Waals surface area contributed by atoms with E-state index in [2.05, 4.69) is 55.2 Å². The molecule has 0 N–H and O–H groups in total. The molecule has 0 bridgehead atoms. The van der Waals surface area contributed by atoms with Gasteiger partial charge in [0.15, 0.2) is 0 Å². The number of rotatable bonds is 6. The standard InChI is InChI=1S/C26H22N2OS/c1-18-7-6-10-23(19(18)2)24-13-21(11-12-22(24)14-27)26(25-15-28-17-30-25)29-16-20-8-4-3-5-9-20/h3-13,15,17,26H,16H2,1-2H3. The quantitative estimate of drug-likeness (QED) is 0.359. The van der Waals surface area contributed by atoms with E-state index in [0.717, 1.165) is 27.1 Å². The van der Waals surface area contributed by atoms with Gasteiger partial charge in [0, 0.05) is 11.8 Å². The Morgan fingerprint density at radius 1 is 1.00 bits per heavy atom. The average Bonchev–Trinajstić information content (AvgIpc) is 3.31. The van der Waals surface area contributed by atoms with Crippen LogP contribution >= 0.6 is 11.3 Å². The fraction of sp³-hybridized carbons (Fsp3) is 0.154. The number of aryl methyl sites for hydroxylation is 1. The molecule has 0 amide bonds. The molecule has 0 spiro atoms. The van der Waals surface area contributed by atoms with Crippen molar-refractivity contribution >= 4 is 11.3 Å². The first-order chi connectivity index (χ1) is 14.7. The topological polar surface area (TPSA) is 45.9 Å². The third-order valence-corrected chi connectivity index (χ3v) is 6.15. The van der Waals surface area contributed by atoms with Crippen LogP contribution in [0.3, 0.4) is 0 Å². The summed E-state index contributed by atoms with van der Waals surface area (Å²) in [7, 11) is 0. The highest BCUT2D eigenvalue weighted by Gasteiger charge is 2.19. The number of benzene rings is 3. The molecule has 0 radical (unpaired) electrons. The van der Waals surface area contributed by atoms with Crippen molar-refractivity contribution in [1.29, 1.82) is 5.26 Å². The van der Waals surface area contributed by atoms with E-state index in [9.17, 15) is 5.26 Å². The Hall–Kier alpha value is -3.26. The van der Waals surface area contributed by atoms with Crippen LogP contribution in [0.2, 0.25) is 0 Å². The SMILES string of the molecule is Cc1cccc(-c2cc(C(OCc3ccccc3)c3cncs3)ccc2C#N)c1C. The van der Waals surface area contributed by atoms with Crippen LogP contribution in [0.15, 0.2) is 78.4 Å². The Bertz CT molecular complexity index is 1180. The summed E-state index contributed by atoms with van der Waals surface area (Å²) in [5, 5.41) is 9.72. The molecular weight excluding hydrogens is 388 g/mol. The van der Waals surface area contributed by atoms with Crippen molar-refractivity contribution in [1.82, 2.24) is 4.98 Å². The fourth-order valence-electron chi connectivity index (χ4n) is 3.54. The van der Waals surface area contributed by atoms with Gasteiger partial charge in [-0.1, -0.05) is 54.6 Å². The summed E-state index contributed by atoms with van der Waals surface area (Å²) in [5.74, 6) is 0. The molecule has 4 heteroatoms. The lowest BCUT2D eigenvalue weighted by atomic mass is 9.91. The van der Waals surface area contributed by atoms with Crippen LogP contribution in [0, 0.1) is 25.2 Å². The van der Waals surface area contributed by atoms with Gasteiger partial charge >= 0.3 is 0 Å². The van der Waals surface area contributed by atoms with Gasteiger partial charge in [0.05, 0.1) is 28.6 Å². The van der Waals surface area contributed by atoms with Crippen molar-refractivity contribution in [2.24, 2.45) is 0 Å². The van der Waals surface area contributed by atoms with Crippen LogP contribution in [0.25, 0.3) is 11.1 Å². The van der Waals surface area contributed by atoms with Gasteiger partial charge in [-0.25, -0.2) is 0 Å². The van der Waals surface area contributed by atoms with Gasteiger partial charge in [-0.05, 0) is 53.8 Å². The van der Waals surface area contributed by atoms with Crippen molar-refractivity contribution in [3.05, 3.63) is 111 Å². The third-order valence-electron chi connectivity index (χ3n) is 5.33. The summed E-state index contributed by atoms with van der Waals surface area (Å²) in [4.78, 5) is 5.29. The molecule has 1 atom stereocenters. The van der Waals surface area contributed by atoms with E-state index in [4.69, 9.17) is 4.74 Å². The molecule has 0 aliphatic rings. The van der Waals surface area contributed by atoms with Crippen LogP contribution in [-0.2, 0) is 11.3 Å². The highest BCUT2D eigenvalue weighted by atomic mass is 32.1. The fourth-order valence-corrected chi connectivity index (χ4v) is 4.23. The summed E-state index contributed by atoms with van der Waals surface area (Å²) in [5.41, 5.74) is 9.04. The maximum Gasteiger partial charge on any atom is 0.119 e. The van der Waals surface area contributed by atoms with E-state index in [1.54, 1.807) is 11.3 Å². The molecular formula is C26H22N2OS. The zero-order valence-electron chi connectivity index (χ0n) is 17.0. The first-order valence-corrected chi connectivity index (χ1v) is 10.7. The van der Waals surface area contributed by atoms with Crippen molar-refractivity contribution in [3.63, 3.8) is 0 Å². The average molecular weight is 411 g/mol. The van der Waals surface area contributed by atoms with Crippen LogP contribution in [0.4, 0.5) is 0 Å². The summed E-state index contributed by atoms with van der Waals surface area (Å²) in [6, 6.07) is 24.7. The Kier molecular flexibility index (Phi) is 6.04. The van der Waals surface area contributed by atoms with Gasteiger partial charge < -0.3 is 4.74 Å². The predicted molar refractivity (Wildman–Crippen MR) is 121 cm³/mol. The van der Waals surface area contributed by atoms with Gasteiger partial charge in [0.1, 0.15) is 6.10 Å². The summed E-state index contributed by atoms with van der Waals surface area (Å²) in [6.07, 6.45) is 1.62. The maximum absolute atomic E-state index is 9.72. The molecule has 148 valence electrons. The molecule has 1 aromatic heterocycles. The monoisotopic (exact) mass is 410 g/mol. The third kappa shape index (κ3) is 4.18. The molecule has 0 fully saturated rings. The highest BCUT2D eigenvalue weighted by molar-refractivity contribution is 7.09. The van der Waals surface area contributed by atoms with E-state index >= 15 is 0 Å². The smallest absolute Gasteiger partial charge is 0.119 e. The molecule has 3 aromatic carbocycles. The Balaban J connectivity index is 1.76. The number of aromatic nitrogens is 1. The molecule has 1 heterocycles. The van der Waals surface area contributed by atoms with Gasteiger partial charge in [-0.2, -0.15) is 5.26 Å². The molecule has 0 aliphatic carbocycles. The van der Waals surface area contributed by atoms with Gasteiger partial charge in [-0.15, -0.1) is 11.3 Å². The van der Waals surface area contributed by atoms with Gasteiger partial charge in [-0.3, -0.25) is 4.98 Å². The molecule has 3 nitrogen and oxygen atoms in total. The number of nitriles is 1.